The summed E-state index contributed by atoms with van der Waals surface area (Å²) in [5.74, 6) is 0.487. The van der Waals surface area contributed by atoms with E-state index in [-0.39, 0.29) is 5.91 Å². The first kappa shape index (κ1) is 14.7. The van der Waals surface area contributed by atoms with E-state index < -0.39 is 0 Å². The largest absolute Gasteiger partial charge is 0.318 e. The van der Waals surface area contributed by atoms with Gasteiger partial charge in [-0.1, -0.05) is 13.8 Å². The van der Waals surface area contributed by atoms with Gasteiger partial charge in [0.05, 0.1) is 10.6 Å². The number of nitrogens with zero attached hydrogens (tertiary/aromatic N) is 3. The average molecular weight is 314 g/mol. The van der Waals surface area contributed by atoms with Gasteiger partial charge in [-0.05, 0) is 43.0 Å². The van der Waals surface area contributed by atoms with Crippen molar-refractivity contribution in [3.05, 3.63) is 46.0 Å². The maximum atomic E-state index is 12.5. The molecule has 5 nitrogen and oxygen atoms in total. The van der Waals surface area contributed by atoms with Crippen LogP contribution in [-0.2, 0) is 6.42 Å². The Labute approximate surface area is 133 Å². The molecule has 114 valence electrons. The fraction of sp³-hybridized carbons (Fsp3) is 0.312. The first-order chi connectivity index (χ1) is 10.5. The second kappa shape index (κ2) is 5.88. The van der Waals surface area contributed by atoms with Gasteiger partial charge in [0.15, 0.2) is 5.65 Å². The zero-order valence-corrected chi connectivity index (χ0v) is 13.6. The van der Waals surface area contributed by atoms with Gasteiger partial charge in [0, 0.05) is 11.1 Å². The number of carbonyl (C=O) groups is 1. The molecule has 3 rings (SSSR count). The van der Waals surface area contributed by atoms with Crippen LogP contribution in [-0.4, -0.2) is 20.5 Å². The predicted molar refractivity (Wildman–Crippen MR) is 88.5 cm³/mol. The van der Waals surface area contributed by atoms with E-state index in [0.29, 0.717) is 17.3 Å². The average Bonchev–Trinajstić information content (AvgIpc) is 3.10. The van der Waals surface area contributed by atoms with Gasteiger partial charge in [-0.15, -0.1) is 11.3 Å². The van der Waals surface area contributed by atoms with Crippen molar-refractivity contribution < 1.29 is 4.79 Å². The monoisotopic (exact) mass is 314 g/mol. The van der Waals surface area contributed by atoms with Crippen molar-refractivity contribution in [2.45, 2.75) is 27.2 Å². The molecule has 0 fully saturated rings. The molecule has 1 amide bonds. The lowest BCUT2D eigenvalue weighted by molar-refractivity contribution is 0.103. The molecule has 0 aliphatic heterocycles. The van der Waals surface area contributed by atoms with E-state index >= 15 is 0 Å². The fourth-order valence-electron chi connectivity index (χ4n) is 2.32. The number of amides is 1. The van der Waals surface area contributed by atoms with Gasteiger partial charge in [-0.2, -0.15) is 5.10 Å². The topological polar surface area (TPSA) is 59.3 Å². The predicted octanol–water partition coefficient (Wildman–Crippen LogP) is 3.55. The number of carbonyl (C=O) groups excluding carboxylic acids is 1. The van der Waals surface area contributed by atoms with Crippen molar-refractivity contribution in [2.75, 3.05) is 5.32 Å². The van der Waals surface area contributed by atoms with Gasteiger partial charge in [-0.25, -0.2) is 9.50 Å². The summed E-state index contributed by atoms with van der Waals surface area (Å²) in [7, 11) is 0. The van der Waals surface area contributed by atoms with Crippen molar-refractivity contribution in [2.24, 2.45) is 5.92 Å². The van der Waals surface area contributed by atoms with E-state index in [9.17, 15) is 4.79 Å². The van der Waals surface area contributed by atoms with Crippen LogP contribution in [0.4, 0.5) is 5.69 Å². The molecule has 1 N–H and O–H groups in total. The smallest absolute Gasteiger partial charge is 0.265 e. The number of thiophene rings is 1. The highest BCUT2D eigenvalue weighted by Gasteiger charge is 2.14. The molecule has 0 aliphatic carbocycles. The molecule has 0 bridgehead atoms. The number of fused-ring (bicyclic) bond motifs is 1. The summed E-state index contributed by atoms with van der Waals surface area (Å²) in [6.07, 6.45) is 4.31. The lowest BCUT2D eigenvalue weighted by atomic mass is 10.1. The first-order valence-electron chi connectivity index (χ1n) is 7.23. The van der Waals surface area contributed by atoms with Gasteiger partial charge in [0.2, 0.25) is 0 Å². The van der Waals surface area contributed by atoms with E-state index in [2.05, 4.69) is 29.2 Å². The van der Waals surface area contributed by atoms with Gasteiger partial charge in [0.25, 0.3) is 5.91 Å². The molecule has 0 unspecified atom stereocenters. The summed E-state index contributed by atoms with van der Waals surface area (Å²) in [6, 6.07) is 5.83. The van der Waals surface area contributed by atoms with Crippen molar-refractivity contribution >= 4 is 28.6 Å². The summed E-state index contributed by atoms with van der Waals surface area (Å²) in [6.45, 7) is 6.30. The van der Waals surface area contributed by atoms with E-state index in [1.807, 2.05) is 31.3 Å². The molecule has 22 heavy (non-hydrogen) atoms. The number of nitrogens with one attached hydrogen (secondary N) is 1. The Morgan fingerprint density at radius 1 is 1.36 bits per heavy atom. The summed E-state index contributed by atoms with van der Waals surface area (Å²) >= 11 is 1.55. The van der Waals surface area contributed by atoms with Crippen molar-refractivity contribution in [1.82, 2.24) is 14.6 Å². The maximum Gasteiger partial charge on any atom is 0.265 e. The Morgan fingerprint density at radius 2 is 2.18 bits per heavy atom. The van der Waals surface area contributed by atoms with Crippen LogP contribution in [0.15, 0.2) is 30.7 Å². The summed E-state index contributed by atoms with van der Waals surface area (Å²) < 4.78 is 1.65. The van der Waals surface area contributed by atoms with Crippen LogP contribution in [0, 0.1) is 12.8 Å². The molecule has 0 saturated carbocycles. The third-order valence-corrected chi connectivity index (χ3v) is 4.50. The molecular weight excluding hydrogens is 296 g/mol. The van der Waals surface area contributed by atoms with Crippen LogP contribution in [0.3, 0.4) is 0 Å². The van der Waals surface area contributed by atoms with Crippen LogP contribution < -0.4 is 5.32 Å². The third-order valence-electron chi connectivity index (χ3n) is 3.39. The summed E-state index contributed by atoms with van der Waals surface area (Å²) in [4.78, 5) is 18.6. The third kappa shape index (κ3) is 2.87. The zero-order valence-electron chi connectivity index (χ0n) is 12.8. The number of rotatable bonds is 4. The van der Waals surface area contributed by atoms with Crippen LogP contribution in [0.1, 0.15) is 34.0 Å². The first-order valence-corrected chi connectivity index (χ1v) is 8.05. The Kier molecular flexibility index (Phi) is 3.94. The maximum absolute atomic E-state index is 12.5. The summed E-state index contributed by atoms with van der Waals surface area (Å²) in [5, 5.41) is 7.06. The van der Waals surface area contributed by atoms with Gasteiger partial charge < -0.3 is 5.32 Å². The lowest BCUT2D eigenvalue weighted by Crippen LogP contribution is -2.12. The van der Waals surface area contributed by atoms with Gasteiger partial charge >= 0.3 is 0 Å². The molecule has 0 atom stereocenters. The molecule has 3 heterocycles. The number of pyridine rings is 1. The Morgan fingerprint density at radius 3 is 2.95 bits per heavy atom. The van der Waals surface area contributed by atoms with E-state index in [4.69, 9.17) is 0 Å². The normalized spacial score (nSPS) is 11.3. The Hall–Kier alpha value is -2.21. The highest BCUT2D eigenvalue weighted by atomic mass is 32.1. The fourth-order valence-corrected chi connectivity index (χ4v) is 3.44. The second-order valence-electron chi connectivity index (χ2n) is 5.72. The molecule has 0 aliphatic rings. The molecular formula is C16H18N4OS. The highest BCUT2D eigenvalue weighted by Crippen LogP contribution is 2.24. The lowest BCUT2D eigenvalue weighted by Gasteiger charge is -2.08. The van der Waals surface area contributed by atoms with Gasteiger partial charge in [0.1, 0.15) is 6.33 Å². The zero-order chi connectivity index (χ0) is 15.7. The van der Waals surface area contributed by atoms with E-state index in [1.54, 1.807) is 15.9 Å². The molecule has 0 radical (unpaired) electrons. The van der Waals surface area contributed by atoms with Crippen molar-refractivity contribution in [3.8, 4) is 0 Å². The highest BCUT2D eigenvalue weighted by molar-refractivity contribution is 7.14. The summed E-state index contributed by atoms with van der Waals surface area (Å²) in [5.41, 5.74) is 2.34. The molecule has 0 saturated heterocycles. The minimum Gasteiger partial charge on any atom is -0.318 e. The van der Waals surface area contributed by atoms with E-state index in [1.165, 1.54) is 11.2 Å². The molecule has 3 aromatic rings. The molecule has 0 aromatic carbocycles. The minimum atomic E-state index is -0.0980. The molecule has 3 aromatic heterocycles. The molecule has 0 spiro atoms. The quantitative estimate of drug-likeness (QED) is 0.801. The van der Waals surface area contributed by atoms with Crippen LogP contribution in [0.5, 0.6) is 0 Å². The minimum absolute atomic E-state index is 0.0980. The standard InChI is InChI=1S/C16H18N4OS/c1-10(2)8-12-4-5-13(22-12)16(21)19-14-11(3)6-7-20-15(14)17-9-18-20/h4-7,9-10H,8H2,1-3H3,(H,19,21). The Balaban J connectivity index is 1.85. The van der Waals surface area contributed by atoms with Crippen LogP contribution >= 0.6 is 11.3 Å². The van der Waals surface area contributed by atoms with E-state index in [0.717, 1.165) is 16.9 Å². The number of anilines is 1. The SMILES string of the molecule is Cc1ccn2ncnc2c1NC(=O)c1ccc(CC(C)C)s1. The van der Waals surface area contributed by atoms with Crippen LogP contribution in [0.25, 0.3) is 5.65 Å². The second-order valence-corrected chi connectivity index (χ2v) is 6.89. The Bertz CT molecular complexity index is 819. The van der Waals surface area contributed by atoms with Crippen molar-refractivity contribution in [1.29, 1.82) is 0 Å². The van der Waals surface area contributed by atoms with Crippen molar-refractivity contribution in [3.63, 3.8) is 0 Å². The number of aromatic nitrogens is 3. The molecule has 6 heteroatoms. The van der Waals surface area contributed by atoms with Gasteiger partial charge in [-0.3, -0.25) is 4.79 Å². The number of hydrogen-bond donors (Lipinski definition) is 1. The number of hydrogen-bond acceptors (Lipinski definition) is 4. The van der Waals surface area contributed by atoms with Crippen LogP contribution in [0.2, 0.25) is 0 Å². The number of aryl methyl sites for hydroxylation is 1.